The van der Waals surface area contributed by atoms with Gasteiger partial charge in [0.15, 0.2) is 10.5 Å². The minimum Gasteiger partial charge on any atom is -0.462 e. The molecule has 1 amide bonds. The molecule has 0 spiro atoms. The second-order valence-corrected chi connectivity index (χ2v) is 7.75. The molecule has 0 aliphatic carbocycles. The number of hydrogen-bond acceptors (Lipinski definition) is 6. The first-order valence-electron chi connectivity index (χ1n) is 8.43. The number of rotatable bonds is 5. The van der Waals surface area contributed by atoms with Crippen molar-refractivity contribution >= 4 is 58.3 Å². The van der Waals surface area contributed by atoms with Crippen LogP contribution in [0.1, 0.15) is 34.2 Å². The van der Waals surface area contributed by atoms with Gasteiger partial charge >= 0.3 is 5.97 Å². The first-order chi connectivity index (χ1) is 13.4. The highest BCUT2D eigenvalue weighted by molar-refractivity contribution is 8.00. The second-order valence-electron chi connectivity index (χ2n) is 5.84. The van der Waals surface area contributed by atoms with Gasteiger partial charge in [-0.3, -0.25) is 10.2 Å². The van der Waals surface area contributed by atoms with E-state index in [2.05, 4.69) is 10.7 Å². The Morgan fingerprint density at radius 3 is 2.82 bits per heavy atom. The van der Waals surface area contributed by atoms with Gasteiger partial charge in [0.2, 0.25) is 0 Å². The Labute approximate surface area is 176 Å². The highest BCUT2D eigenvalue weighted by Crippen LogP contribution is 2.39. The standard InChI is InChI=1S/C18H18ClN3O4S2/c1-3-25-17(24)13-8-14(26-10(13)2)16-22(15(23)9-28-16)21-18(27)20-12-6-4-11(19)5-7-12/h4-8,16H,3,9H2,1-2H3,(H2,20,21,27). The number of thiocarbonyl (C=S) groups is 1. The third-order valence-electron chi connectivity index (χ3n) is 3.87. The van der Waals surface area contributed by atoms with Crippen LogP contribution in [0.15, 0.2) is 34.7 Å². The molecule has 28 heavy (non-hydrogen) atoms. The van der Waals surface area contributed by atoms with Gasteiger partial charge < -0.3 is 14.5 Å². The maximum Gasteiger partial charge on any atom is 0.341 e. The molecular formula is C18H18ClN3O4S2. The SMILES string of the molecule is CCOC(=O)c1cc(C2SCC(=O)N2NC(=S)Nc2ccc(Cl)cc2)oc1C. The van der Waals surface area contributed by atoms with Crippen LogP contribution in [0.5, 0.6) is 0 Å². The van der Waals surface area contributed by atoms with Crippen LogP contribution < -0.4 is 10.7 Å². The molecule has 2 heterocycles. The third-order valence-corrected chi connectivity index (χ3v) is 5.49. The normalized spacial score (nSPS) is 16.2. The number of carbonyl (C=O) groups is 2. The van der Waals surface area contributed by atoms with Crippen molar-refractivity contribution < 1.29 is 18.7 Å². The minimum absolute atomic E-state index is 0.151. The molecule has 1 aromatic carbocycles. The van der Waals surface area contributed by atoms with E-state index in [0.29, 0.717) is 22.1 Å². The Hall–Kier alpha value is -2.23. The van der Waals surface area contributed by atoms with Gasteiger partial charge in [-0.1, -0.05) is 11.6 Å². The summed E-state index contributed by atoms with van der Waals surface area (Å²) in [7, 11) is 0. The van der Waals surface area contributed by atoms with Crippen LogP contribution in [0.3, 0.4) is 0 Å². The zero-order valence-corrected chi connectivity index (χ0v) is 17.5. The minimum atomic E-state index is -0.459. The maximum absolute atomic E-state index is 12.3. The number of benzene rings is 1. The predicted octanol–water partition coefficient (Wildman–Crippen LogP) is 3.89. The number of amides is 1. The molecule has 10 heteroatoms. The Balaban J connectivity index is 1.72. The predicted molar refractivity (Wildman–Crippen MR) is 112 cm³/mol. The van der Waals surface area contributed by atoms with Crippen LogP contribution in [-0.2, 0) is 9.53 Å². The summed E-state index contributed by atoms with van der Waals surface area (Å²) in [6.45, 7) is 3.69. The number of halogens is 1. The Morgan fingerprint density at radius 1 is 1.43 bits per heavy atom. The first-order valence-corrected chi connectivity index (χ1v) is 10.3. The third kappa shape index (κ3) is 4.60. The summed E-state index contributed by atoms with van der Waals surface area (Å²) in [6.07, 6.45) is 0. The average molecular weight is 440 g/mol. The van der Waals surface area contributed by atoms with Crippen LogP contribution in [0, 0.1) is 6.92 Å². The molecule has 1 saturated heterocycles. The lowest BCUT2D eigenvalue weighted by molar-refractivity contribution is -0.130. The largest absolute Gasteiger partial charge is 0.462 e. The van der Waals surface area contributed by atoms with E-state index in [1.165, 1.54) is 16.8 Å². The number of thioether (sulfide) groups is 1. The Bertz CT molecular complexity index is 901. The summed E-state index contributed by atoms with van der Waals surface area (Å²) in [5, 5.41) is 4.79. The van der Waals surface area contributed by atoms with Crippen molar-refractivity contribution in [2.45, 2.75) is 19.2 Å². The molecular weight excluding hydrogens is 422 g/mol. The van der Waals surface area contributed by atoms with E-state index < -0.39 is 11.3 Å². The van der Waals surface area contributed by atoms with E-state index in [-0.39, 0.29) is 23.4 Å². The quantitative estimate of drug-likeness (QED) is 0.536. The highest BCUT2D eigenvalue weighted by atomic mass is 35.5. The van der Waals surface area contributed by atoms with E-state index >= 15 is 0 Å². The zero-order valence-electron chi connectivity index (χ0n) is 15.2. The van der Waals surface area contributed by atoms with Crippen LogP contribution in [-0.4, -0.2) is 34.4 Å². The van der Waals surface area contributed by atoms with Crippen molar-refractivity contribution in [3.63, 3.8) is 0 Å². The Morgan fingerprint density at radius 2 is 2.14 bits per heavy atom. The summed E-state index contributed by atoms with van der Waals surface area (Å²) in [5.41, 5.74) is 3.98. The summed E-state index contributed by atoms with van der Waals surface area (Å²) in [5.74, 6) is 0.564. The van der Waals surface area contributed by atoms with E-state index in [1.54, 1.807) is 44.2 Å². The molecule has 7 nitrogen and oxygen atoms in total. The Kier molecular flexibility index (Phi) is 6.48. The van der Waals surface area contributed by atoms with Gasteiger partial charge in [0, 0.05) is 10.7 Å². The smallest absolute Gasteiger partial charge is 0.341 e. The van der Waals surface area contributed by atoms with Gasteiger partial charge in [-0.15, -0.1) is 11.8 Å². The van der Waals surface area contributed by atoms with Crippen LogP contribution >= 0.6 is 35.6 Å². The van der Waals surface area contributed by atoms with E-state index in [9.17, 15) is 9.59 Å². The molecule has 1 aliphatic rings. The molecule has 148 valence electrons. The number of ether oxygens (including phenoxy) is 1. The van der Waals surface area contributed by atoms with Gasteiger partial charge in [-0.05, 0) is 56.4 Å². The van der Waals surface area contributed by atoms with E-state index in [1.807, 2.05) is 0 Å². The van der Waals surface area contributed by atoms with Crippen molar-refractivity contribution in [1.82, 2.24) is 10.4 Å². The van der Waals surface area contributed by atoms with Crippen LogP contribution in [0.2, 0.25) is 5.02 Å². The van der Waals surface area contributed by atoms with Crippen LogP contribution in [0.4, 0.5) is 5.69 Å². The summed E-state index contributed by atoms with van der Waals surface area (Å²) >= 11 is 12.6. The zero-order chi connectivity index (χ0) is 20.3. The number of carbonyl (C=O) groups excluding carboxylic acids is 2. The van der Waals surface area contributed by atoms with E-state index in [0.717, 1.165) is 5.69 Å². The fraction of sp³-hybridized carbons (Fsp3) is 0.278. The van der Waals surface area contributed by atoms with Crippen molar-refractivity contribution in [3.8, 4) is 0 Å². The van der Waals surface area contributed by atoms with Crippen LogP contribution in [0.25, 0.3) is 0 Å². The molecule has 0 saturated carbocycles. The fourth-order valence-corrected chi connectivity index (χ4v) is 3.98. The van der Waals surface area contributed by atoms with Crippen molar-refractivity contribution in [2.24, 2.45) is 0 Å². The molecule has 1 aliphatic heterocycles. The van der Waals surface area contributed by atoms with Crippen molar-refractivity contribution in [2.75, 3.05) is 17.7 Å². The number of furan rings is 1. The van der Waals surface area contributed by atoms with Gasteiger partial charge in [0.05, 0.1) is 12.4 Å². The van der Waals surface area contributed by atoms with Crippen molar-refractivity contribution in [1.29, 1.82) is 0 Å². The number of nitrogens with zero attached hydrogens (tertiary/aromatic N) is 1. The lowest BCUT2D eigenvalue weighted by atomic mass is 10.2. The number of esters is 1. The number of nitrogens with one attached hydrogen (secondary N) is 2. The molecule has 1 atom stereocenters. The molecule has 2 aromatic rings. The van der Waals surface area contributed by atoms with Gasteiger partial charge in [-0.2, -0.15) is 0 Å². The lowest BCUT2D eigenvalue weighted by Gasteiger charge is -2.24. The second kappa shape index (κ2) is 8.85. The van der Waals surface area contributed by atoms with Gasteiger partial charge in [0.1, 0.15) is 17.1 Å². The lowest BCUT2D eigenvalue weighted by Crippen LogP contribution is -2.46. The topological polar surface area (TPSA) is 83.8 Å². The number of hydrazine groups is 1. The first kappa shape index (κ1) is 20.5. The maximum atomic E-state index is 12.3. The highest BCUT2D eigenvalue weighted by Gasteiger charge is 2.37. The molecule has 1 fully saturated rings. The molecule has 1 unspecified atom stereocenters. The number of aryl methyl sites for hydroxylation is 1. The summed E-state index contributed by atoms with van der Waals surface area (Å²) < 4.78 is 10.8. The van der Waals surface area contributed by atoms with Gasteiger partial charge in [0.25, 0.3) is 5.91 Å². The fourth-order valence-electron chi connectivity index (χ4n) is 2.60. The van der Waals surface area contributed by atoms with E-state index in [4.69, 9.17) is 33.0 Å². The molecule has 3 rings (SSSR count). The molecule has 0 radical (unpaired) electrons. The molecule has 0 bridgehead atoms. The number of anilines is 1. The molecule has 1 aromatic heterocycles. The summed E-state index contributed by atoms with van der Waals surface area (Å²) in [6, 6.07) is 8.61. The average Bonchev–Trinajstić information content (AvgIpc) is 3.20. The number of hydrogen-bond donors (Lipinski definition) is 2. The van der Waals surface area contributed by atoms with Gasteiger partial charge in [-0.25, -0.2) is 9.80 Å². The monoisotopic (exact) mass is 439 g/mol. The summed E-state index contributed by atoms with van der Waals surface area (Å²) in [4.78, 5) is 24.3. The van der Waals surface area contributed by atoms with Crippen molar-refractivity contribution in [3.05, 3.63) is 52.4 Å². The molecule has 2 N–H and O–H groups in total.